The quantitative estimate of drug-likeness (QED) is 0.817. The zero-order valence-electron chi connectivity index (χ0n) is 11.3. The van der Waals surface area contributed by atoms with Crippen molar-refractivity contribution in [3.8, 4) is 0 Å². The zero-order chi connectivity index (χ0) is 13.0. The molecule has 1 aliphatic heterocycles. The van der Waals surface area contributed by atoms with Crippen LogP contribution in [-0.4, -0.2) is 22.3 Å². The van der Waals surface area contributed by atoms with E-state index in [1.807, 2.05) is 24.5 Å². The van der Waals surface area contributed by atoms with Crippen molar-refractivity contribution in [2.75, 3.05) is 6.54 Å². The van der Waals surface area contributed by atoms with Gasteiger partial charge in [0, 0.05) is 24.9 Å². The van der Waals surface area contributed by atoms with Crippen LogP contribution in [0.1, 0.15) is 51.1 Å². The summed E-state index contributed by atoms with van der Waals surface area (Å²) in [6, 6.07) is 4.33. The minimum Gasteiger partial charge on any atom is -0.335 e. The van der Waals surface area contributed by atoms with Gasteiger partial charge in [-0.05, 0) is 43.4 Å². The molecule has 1 amide bonds. The third-order valence-electron chi connectivity index (χ3n) is 3.96. The molecular formula is C15H22N2O. The van der Waals surface area contributed by atoms with Crippen LogP contribution in [0.15, 0.2) is 24.5 Å². The first-order valence-corrected chi connectivity index (χ1v) is 6.98. The van der Waals surface area contributed by atoms with E-state index in [2.05, 4.69) is 23.7 Å². The van der Waals surface area contributed by atoms with Gasteiger partial charge in [0.2, 0.25) is 5.91 Å². The molecule has 0 aromatic carbocycles. The van der Waals surface area contributed by atoms with Gasteiger partial charge < -0.3 is 4.90 Å². The van der Waals surface area contributed by atoms with Gasteiger partial charge in [0.05, 0.1) is 6.04 Å². The summed E-state index contributed by atoms with van der Waals surface area (Å²) in [5.41, 5.74) is 1.22. The lowest BCUT2D eigenvalue weighted by atomic mass is 10.00. The Kier molecular flexibility index (Phi) is 4.34. The van der Waals surface area contributed by atoms with Gasteiger partial charge in [-0.15, -0.1) is 0 Å². The maximum absolute atomic E-state index is 12.5. The van der Waals surface area contributed by atoms with Gasteiger partial charge in [-0.3, -0.25) is 9.78 Å². The molecule has 1 aliphatic rings. The number of nitrogens with zero attached hydrogens (tertiary/aromatic N) is 2. The highest BCUT2D eigenvalue weighted by Crippen LogP contribution is 2.33. The standard InChI is InChI=1S/C15H22N2O/c1-3-12(4-2)15(18)17-11-5-6-14(17)13-7-9-16-10-8-13/h7-10,12,14H,3-6,11H2,1-2H3. The van der Waals surface area contributed by atoms with Gasteiger partial charge in [0.25, 0.3) is 0 Å². The van der Waals surface area contributed by atoms with Crippen molar-refractivity contribution in [1.29, 1.82) is 0 Å². The van der Waals surface area contributed by atoms with Crippen LogP contribution in [0.25, 0.3) is 0 Å². The van der Waals surface area contributed by atoms with Crippen LogP contribution in [0.3, 0.4) is 0 Å². The summed E-state index contributed by atoms with van der Waals surface area (Å²) in [4.78, 5) is 18.6. The molecule has 2 rings (SSSR count). The fourth-order valence-corrected chi connectivity index (χ4v) is 2.84. The first kappa shape index (κ1) is 13.1. The molecule has 3 nitrogen and oxygen atoms in total. The molecule has 3 heteroatoms. The molecule has 1 saturated heterocycles. The maximum atomic E-state index is 12.5. The van der Waals surface area contributed by atoms with Gasteiger partial charge in [-0.2, -0.15) is 0 Å². The van der Waals surface area contributed by atoms with Gasteiger partial charge in [0.1, 0.15) is 0 Å². The van der Waals surface area contributed by atoms with Gasteiger partial charge in [-0.1, -0.05) is 13.8 Å². The second kappa shape index (κ2) is 5.98. The van der Waals surface area contributed by atoms with Crippen molar-refractivity contribution >= 4 is 5.91 Å². The second-order valence-corrected chi connectivity index (χ2v) is 4.98. The summed E-state index contributed by atoms with van der Waals surface area (Å²) in [5.74, 6) is 0.520. The Bertz CT molecular complexity index is 387. The molecule has 1 aromatic heterocycles. The van der Waals surface area contributed by atoms with E-state index in [9.17, 15) is 4.79 Å². The van der Waals surface area contributed by atoms with E-state index in [1.165, 1.54) is 5.56 Å². The number of hydrogen-bond acceptors (Lipinski definition) is 2. The molecule has 0 N–H and O–H groups in total. The van der Waals surface area contributed by atoms with Crippen LogP contribution in [0.5, 0.6) is 0 Å². The molecule has 18 heavy (non-hydrogen) atoms. The van der Waals surface area contributed by atoms with Crippen LogP contribution in [0.2, 0.25) is 0 Å². The Labute approximate surface area is 109 Å². The highest BCUT2D eigenvalue weighted by Gasteiger charge is 2.32. The van der Waals surface area contributed by atoms with Crippen molar-refractivity contribution in [2.24, 2.45) is 5.92 Å². The molecule has 1 unspecified atom stereocenters. The molecule has 0 aliphatic carbocycles. The van der Waals surface area contributed by atoms with Crippen molar-refractivity contribution in [3.63, 3.8) is 0 Å². The third-order valence-corrected chi connectivity index (χ3v) is 3.96. The number of pyridine rings is 1. The Morgan fingerprint density at radius 3 is 2.67 bits per heavy atom. The first-order valence-electron chi connectivity index (χ1n) is 6.98. The lowest BCUT2D eigenvalue weighted by molar-refractivity contribution is -0.136. The topological polar surface area (TPSA) is 33.2 Å². The maximum Gasteiger partial charge on any atom is 0.226 e. The average molecular weight is 246 g/mol. The predicted molar refractivity (Wildman–Crippen MR) is 72.0 cm³/mol. The number of hydrogen-bond donors (Lipinski definition) is 0. The number of aromatic nitrogens is 1. The molecule has 1 fully saturated rings. The third kappa shape index (κ3) is 2.55. The molecule has 0 spiro atoms. The van der Waals surface area contributed by atoms with E-state index < -0.39 is 0 Å². The average Bonchev–Trinajstić information content (AvgIpc) is 2.90. The van der Waals surface area contributed by atoms with E-state index in [0.717, 1.165) is 32.2 Å². The normalized spacial score (nSPS) is 19.5. The largest absolute Gasteiger partial charge is 0.335 e. The highest BCUT2D eigenvalue weighted by atomic mass is 16.2. The summed E-state index contributed by atoms with van der Waals surface area (Å²) < 4.78 is 0. The van der Waals surface area contributed by atoms with E-state index in [-0.39, 0.29) is 12.0 Å². The molecular weight excluding hydrogens is 224 g/mol. The molecule has 1 atom stereocenters. The fraction of sp³-hybridized carbons (Fsp3) is 0.600. The molecule has 0 radical (unpaired) electrons. The summed E-state index contributed by atoms with van der Waals surface area (Å²) >= 11 is 0. The minimum atomic E-state index is 0.187. The Morgan fingerprint density at radius 2 is 2.06 bits per heavy atom. The number of carbonyl (C=O) groups excluding carboxylic acids is 1. The van der Waals surface area contributed by atoms with E-state index >= 15 is 0 Å². The van der Waals surface area contributed by atoms with Gasteiger partial charge in [0.15, 0.2) is 0 Å². The summed E-state index contributed by atoms with van der Waals surface area (Å²) in [7, 11) is 0. The Hall–Kier alpha value is -1.38. The van der Waals surface area contributed by atoms with Crippen molar-refractivity contribution in [3.05, 3.63) is 30.1 Å². The van der Waals surface area contributed by atoms with Gasteiger partial charge >= 0.3 is 0 Å². The van der Waals surface area contributed by atoms with Gasteiger partial charge in [-0.25, -0.2) is 0 Å². The van der Waals surface area contributed by atoms with Crippen LogP contribution in [0, 0.1) is 5.92 Å². The van der Waals surface area contributed by atoms with Crippen molar-refractivity contribution in [1.82, 2.24) is 9.88 Å². The number of rotatable bonds is 4. The summed E-state index contributed by atoms with van der Waals surface area (Å²) in [6.07, 6.45) is 7.69. The van der Waals surface area contributed by atoms with Crippen LogP contribution < -0.4 is 0 Å². The van der Waals surface area contributed by atoms with E-state index in [4.69, 9.17) is 0 Å². The van der Waals surface area contributed by atoms with Crippen LogP contribution >= 0.6 is 0 Å². The first-order chi connectivity index (χ1) is 8.77. The number of amides is 1. The minimum absolute atomic E-state index is 0.187. The zero-order valence-corrected chi connectivity index (χ0v) is 11.3. The van der Waals surface area contributed by atoms with Crippen LogP contribution in [-0.2, 0) is 4.79 Å². The van der Waals surface area contributed by atoms with Crippen molar-refractivity contribution in [2.45, 2.75) is 45.6 Å². The molecule has 0 bridgehead atoms. The highest BCUT2D eigenvalue weighted by molar-refractivity contribution is 5.79. The molecule has 0 saturated carbocycles. The molecule has 98 valence electrons. The lowest BCUT2D eigenvalue weighted by Crippen LogP contribution is -2.35. The van der Waals surface area contributed by atoms with Crippen molar-refractivity contribution < 1.29 is 4.79 Å². The lowest BCUT2D eigenvalue weighted by Gasteiger charge is -2.28. The fourth-order valence-electron chi connectivity index (χ4n) is 2.84. The SMILES string of the molecule is CCC(CC)C(=O)N1CCCC1c1ccncc1. The van der Waals surface area contributed by atoms with Crippen LogP contribution in [0.4, 0.5) is 0 Å². The Morgan fingerprint density at radius 1 is 1.39 bits per heavy atom. The molecule has 1 aromatic rings. The Balaban J connectivity index is 2.15. The van der Waals surface area contributed by atoms with E-state index in [0.29, 0.717) is 5.91 Å². The summed E-state index contributed by atoms with van der Waals surface area (Å²) in [5, 5.41) is 0. The summed E-state index contributed by atoms with van der Waals surface area (Å²) in [6.45, 7) is 5.11. The predicted octanol–water partition coefficient (Wildman–Crippen LogP) is 3.18. The molecule has 2 heterocycles. The number of likely N-dealkylation sites (tertiary alicyclic amines) is 1. The monoisotopic (exact) mass is 246 g/mol. The van der Waals surface area contributed by atoms with E-state index in [1.54, 1.807) is 0 Å². The second-order valence-electron chi connectivity index (χ2n) is 4.98. The smallest absolute Gasteiger partial charge is 0.226 e. The number of carbonyl (C=O) groups is 1.